The molecule has 1 heterocycles. The second-order valence-electron chi connectivity index (χ2n) is 3.80. The Hall–Kier alpha value is -1.50. The van der Waals surface area contributed by atoms with Crippen LogP contribution in [0, 0.1) is 6.92 Å². The number of rotatable bonds is 2. The molecule has 1 aromatic carbocycles. The molecular weight excluding hydrogens is 232 g/mol. The van der Waals surface area contributed by atoms with Crippen molar-refractivity contribution < 1.29 is 4.42 Å². The number of fused-ring (bicyclic) bond motifs is 1. The summed E-state index contributed by atoms with van der Waals surface area (Å²) in [5.74, 6) is 1.00. The van der Waals surface area contributed by atoms with Crippen molar-refractivity contribution in [3.05, 3.63) is 41.2 Å². The smallest absolute Gasteiger partial charge is 0.135 e. The fourth-order valence-corrected chi connectivity index (χ4v) is 1.93. The molecule has 2 aromatic rings. The van der Waals surface area contributed by atoms with Gasteiger partial charge in [-0.2, -0.15) is 0 Å². The third-order valence-electron chi connectivity index (χ3n) is 2.65. The summed E-state index contributed by atoms with van der Waals surface area (Å²) in [6.07, 6.45) is 5.06. The van der Waals surface area contributed by atoms with Crippen LogP contribution >= 0.6 is 0 Å². The average molecular weight is 260 g/mol. The van der Waals surface area contributed by atoms with Crippen molar-refractivity contribution in [2.24, 2.45) is 0 Å². The topological polar surface area (TPSA) is 13.1 Å². The quantitative estimate of drug-likeness (QED) is 0.609. The fraction of sp³-hybridized carbons (Fsp3) is 0.444. The minimum absolute atomic E-state index is 0.991. The largest absolute Gasteiger partial charge is 0.456 e. The highest BCUT2D eigenvalue weighted by atomic mass is 16.3. The minimum Gasteiger partial charge on any atom is -0.456 e. The molecule has 0 spiro atoms. The van der Waals surface area contributed by atoms with Gasteiger partial charge in [-0.05, 0) is 38.5 Å². The van der Waals surface area contributed by atoms with E-state index >= 15 is 0 Å². The Bertz CT molecular complexity index is 504. The van der Waals surface area contributed by atoms with Crippen LogP contribution in [0.15, 0.2) is 28.7 Å². The van der Waals surface area contributed by atoms with Crippen LogP contribution in [0.4, 0.5) is 0 Å². The van der Waals surface area contributed by atoms with E-state index in [2.05, 4.69) is 32.0 Å². The summed E-state index contributed by atoms with van der Waals surface area (Å²) in [5, 5.41) is 1.26. The fourth-order valence-electron chi connectivity index (χ4n) is 1.93. The minimum atomic E-state index is 0.991. The Kier molecular flexibility index (Phi) is 8.69. The summed E-state index contributed by atoms with van der Waals surface area (Å²) in [6, 6.07) is 6.34. The van der Waals surface area contributed by atoms with Crippen molar-refractivity contribution in [3.8, 4) is 0 Å². The lowest BCUT2D eigenvalue weighted by molar-refractivity contribution is 0.599. The van der Waals surface area contributed by atoms with Gasteiger partial charge in [0.05, 0.1) is 0 Å². The molecular formula is C18H28O. The van der Waals surface area contributed by atoms with E-state index in [0.717, 1.165) is 17.8 Å². The maximum Gasteiger partial charge on any atom is 0.135 e. The molecule has 19 heavy (non-hydrogen) atoms. The van der Waals surface area contributed by atoms with E-state index in [4.69, 9.17) is 4.42 Å². The van der Waals surface area contributed by atoms with Gasteiger partial charge in [0.15, 0.2) is 0 Å². The molecule has 1 nitrogen and oxygen atoms in total. The van der Waals surface area contributed by atoms with Crippen molar-refractivity contribution in [3.63, 3.8) is 0 Å². The monoisotopic (exact) mass is 260 g/mol. The van der Waals surface area contributed by atoms with Crippen molar-refractivity contribution in [2.75, 3.05) is 0 Å². The molecule has 0 saturated heterocycles. The zero-order chi connectivity index (χ0) is 14.8. The molecule has 0 bridgehead atoms. The van der Waals surface area contributed by atoms with Gasteiger partial charge in [-0.25, -0.2) is 0 Å². The predicted octanol–water partition coefficient (Wildman–Crippen LogP) is 6.39. The average Bonchev–Trinajstić information content (AvgIpc) is 2.80. The second kappa shape index (κ2) is 9.43. The molecule has 0 fully saturated rings. The van der Waals surface area contributed by atoms with Crippen LogP contribution in [0.25, 0.3) is 17.0 Å². The number of furan rings is 1. The Morgan fingerprint density at radius 3 is 2.26 bits per heavy atom. The van der Waals surface area contributed by atoms with Crippen LogP contribution in [0.5, 0.6) is 0 Å². The molecule has 0 N–H and O–H groups in total. The standard InChI is InChI=1S/C14H16O.2C2H6/c1-4-6-13-11(5-2)12-9-10(3)7-8-14(12)15-13;2*1-2/h4,6-9H,5H2,1-3H3;2*1-2H3/b6-4-;;. The van der Waals surface area contributed by atoms with Gasteiger partial charge in [0.1, 0.15) is 11.3 Å². The van der Waals surface area contributed by atoms with Crippen LogP contribution in [0.2, 0.25) is 0 Å². The molecule has 0 aliphatic heterocycles. The zero-order valence-corrected chi connectivity index (χ0v) is 13.5. The summed E-state index contributed by atoms with van der Waals surface area (Å²) >= 11 is 0. The summed E-state index contributed by atoms with van der Waals surface area (Å²) in [7, 11) is 0. The Morgan fingerprint density at radius 2 is 1.74 bits per heavy atom. The second-order valence-corrected chi connectivity index (χ2v) is 3.80. The van der Waals surface area contributed by atoms with Gasteiger partial charge in [0.2, 0.25) is 0 Å². The molecule has 0 atom stereocenters. The maximum absolute atomic E-state index is 5.80. The van der Waals surface area contributed by atoms with Gasteiger partial charge >= 0.3 is 0 Å². The molecule has 0 saturated carbocycles. The number of benzene rings is 1. The lowest BCUT2D eigenvalue weighted by atomic mass is 10.1. The molecule has 2 rings (SSSR count). The van der Waals surface area contributed by atoms with Crippen LogP contribution in [0.1, 0.15) is 58.4 Å². The van der Waals surface area contributed by atoms with Crippen molar-refractivity contribution >= 4 is 17.0 Å². The van der Waals surface area contributed by atoms with E-state index in [1.807, 2.05) is 46.8 Å². The van der Waals surface area contributed by atoms with E-state index in [-0.39, 0.29) is 0 Å². The molecule has 0 unspecified atom stereocenters. The molecule has 106 valence electrons. The van der Waals surface area contributed by atoms with E-state index < -0.39 is 0 Å². The van der Waals surface area contributed by atoms with Gasteiger partial charge in [-0.15, -0.1) is 0 Å². The Balaban J connectivity index is 0.000000741. The lowest BCUT2D eigenvalue weighted by Crippen LogP contribution is -1.80. The molecule has 0 amide bonds. The third-order valence-corrected chi connectivity index (χ3v) is 2.65. The molecule has 0 radical (unpaired) electrons. The number of hydrogen-bond donors (Lipinski definition) is 0. The van der Waals surface area contributed by atoms with E-state index in [1.54, 1.807) is 0 Å². The highest BCUT2D eigenvalue weighted by molar-refractivity contribution is 5.85. The number of hydrogen-bond acceptors (Lipinski definition) is 1. The van der Waals surface area contributed by atoms with Crippen LogP contribution in [-0.4, -0.2) is 0 Å². The summed E-state index contributed by atoms with van der Waals surface area (Å²) in [4.78, 5) is 0. The highest BCUT2D eigenvalue weighted by Gasteiger charge is 2.09. The van der Waals surface area contributed by atoms with E-state index in [1.165, 1.54) is 16.5 Å². The third kappa shape index (κ3) is 4.27. The van der Waals surface area contributed by atoms with E-state index in [0.29, 0.717) is 0 Å². The van der Waals surface area contributed by atoms with Gasteiger partial charge in [-0.1, -0.05) is 52.3 Å². The first-order valence-electron chi connectivity index (χ1n) is 7.41. The van der Waals surface area contributed by atoms with Gasteiger partial charge in [-0.3, -0.25) is 0 Å². The zero-order valence-electron chi connectivity index (χ0n) is 13.5. The number of allylic oxidation sites excluding steroid dienone is 1. The Labute approximate surface area is 118 Å². The normalized spacial score (nSPS) is 9.84. The van der Waals surface area contributed by atoms with Crippen LogP contribution in [-0.2, 0) is 6.42 Å². The van der Waals surface area contributed by atoms with Crippen molar-refractivity contribution in [2.45, 2.75) is 54.9 Å². The highest BCUT2D eigenvalue weighted by Crippen LogP contribution is 2.28. The maximum atomic E-state index is 5.80. The molecule has 1 aromatic heterocycles. The molecule has 0 aliphatic rings. The van der Waals surface area contributed by atoms with Gasteiger partial charge in [0.25, 0.3) is 0 Å². The first-order chi connectivity index (χ1) is 9.26. The summed E-state index contributed by atoms with van der Waals surface area (Å²) in [5.41, 5.74) is 3.59. The summed E-state index contributed by atoms with van der Waals surface area (Å²) < 4.78 is 5.80. The molecule has 1 heteroatoms. The first kappa shape index (κ1) is 17.5. The SMILES string of the molecule is C/C=C\c1oc2ccc(C)cc2c1CC.CC.CC. The van der Waals surface area contributed by atoms with E-state index in [9.17, 15) is 0 Å². The molecule has 0 aliphatic carbocycles. The van der Waals surface area contributed by atoms with Crippen molar-refractivity contribution in [1.29, 1.82) is 0 Å². The summed E-state index contributed by atoms with van der Waals surface area (Å²) in [6.45, 7) is 14.3. The van der Waals surface area contributed by atoms with Crippen LogP contribution < -0.4 is 0 Å². The van der Waals surface area contributed by atoms with Crippen LogP contribution in [0.3, 0.4) is 0 Å². The van der Waals surface area contributed by atoms with Gasteiger partial charge in [0, 0.05) is 10.9 Å². The lowest BCUT2D eigenvalue weighted by Gasteiger charge is -1.94. The Morgan fingerprint density at radius 1 is 1.11 bits per heavy atom. The van der Waals surface area contributed by atoms with Crippen molar-refractivity contribution in [1.82, 2.24) is 0 Å². The number of aryl methyl sites for hydroxylation is 2. The first-order valence-corrected chi connectivity index (χ1v) is 7.41. The van der Waals surface area contributed by atoms with Gasteiger partial charge < -0.3 is 4.42 Å². The predicted molar refractivity (Wildman–Crippen MR) is 87.7 cm³/mol.